The number of carboxylic acids is 1. The van der Waals surface area contributed by atoms with Crippen LogP contribution in [0.5, 0.6) is 0 Å². The molecule has 0 aliphatic heterocycles. The summed E-state index contributed by atoms with van der Waals surface area (Å²) in [4.78, 5) is 24.8. The number of rotatable bonds is 4. The van der Waals surface area contributed by atoms with Gasteiger partial charge in [0.1, 0.15) is 0 Å². The molecule has 2 aliphatic carbocycles. The average Bonchev–Trinajstić information content (AvgIpc) is 2.82. The monoisotopic (exact) mass is 239 g/mol. The number of amides is 1. The summed E-state index contributed by atoms with van der Waals surface area (Å²) in [5, 5.41) is 8.92. The molecule has 0 aromatic carbocycles. The summed E-state index contributed by atoms with van der Waals surface area (Å²) in [6, 6.07) is 0. The molecule has 1 N–H and O–H groups in total. The Bertz CT molecular complexity index is 329. The van der Waals surface area contributed by atoms with Gasteiger partial charge < -0.3 is 10.0 Å². The molecular formula is C13H21NO3. The zero-order chi connectivity index (χ0) is 12.6. The fourth-order valence-electron chi connectivity index (χ4n) is 2.84. The highest BCUT2D eigenvalue weighted by molar-refractivity contribution is 5.80. The number of nitrogens with zero attached hydrogens (tertiary/aromatic N) is 1. The first kappa shape index (κ1) is 12.4. The molecule has 4 heteroatoms. The lowest BCUT2D eigenvalue weighted by Crippen LogP contribution is -2.34. The van der Waals surface area contributed by atoms with Crippen LogP contribution >= 0.6 is 0 Å². The average molecular weight is 239 g/mol. The van der Waals surface area contributed by atoms with Crippen LogP contribution in [0.25, 0.3) is 0 Å². The Morgan fingerprint density at radius 2 is 1.82 bits per heavy atom. The van der Waals surface area contributed by atoms with Crippen molar-refractivity contribution in [3.63, 3.8) is 0 Å². The molecule has 0 heterocycles. The topological polar surface area (TPSA) is 57.6 Å². The first-order valence-corrected chi connectivity index (χ1v) is 6.46. The van der Waals surface area contributed by atoms with Gasteiger partial charge in [-0.05, 0) is 37.5 Å². The molecule has 4 unspecified atom stereocenters. The van der Waals surface area contributed by atoms with Crippen LogP contribution in [-0.4, -0.2) is 35.5 Å². The highest BCUT2D eigenvalue weighted by atomic mass is 16.4. The second-order valence-electron chi connectivity index (χ2n) is 5.74. The van der Waals surface area contributed by atoms with Crippen molar-refractivity contribution in [1.29, 1.82) is 0 Å². The molecule has 1 amide bonds. The Morgan fingerprint density at radius 3 is 2.29 bits per heavy atom. The number of aliphatic carboxylic acids is 1. The van der Waals surface area contributed by atoms with E-state index >= 15 is 0 Å². The van der Waals surface area contributed by atoms with E-state index in [1.54, 1.807) is 0 Å². The maximum Gasteiger partial charge on any atom is 0.306 e. The molecule has 2 saturated carbocycles. The second kappa shape index (κ2) is 4.67. The predicted octanol–water partition coefficient (Wildman–Crippen LogP) is 1.60. The lowest BCUT2D eigenvalue weighted by Gasteiger charge is -2.21. The van der Waals surface area contributed by atoms with Crippen LogP contribution in [-0.2, 0) is 9.59 Å². The summed E-state index contributed by atoms with van der Waals surface area (Å²) in [6.07, 6.45) is 3.14. The number of hydrogen-bond acceptors (Lipinski definition) is 2. The number of hydrogen-bond donors (Lipinski definition) is 1. The zero-order valence-corrected chi connectivity index (χ0v) is 10.6. The lowest BCUT2D eigenvalue weighted by molar-refractivity contribution is -0.141. The first-order valence-electron chi connectivity index (χ1n) is 6.46. The van der Waals surface area contributed by atoms with Crippen molar-refractivity contribution in [3.8, 4) is 0 Å². The fraction of sp³-hybridized carbons (Fsp3) is 0.846. The van der Waals surface area contributed by atoms with Gasteiger partial charge in [0, 0.05) is 19.5 Å². The van der Waals surface area contributed by atoms with Crippen molar-refractivity contribution >= 4 is 11.9 Å². The normalized spacial score (nSPS) is 35.6. The Labute approximate surface area is 102 Å². The summed E-state index contributed by atoms with van der Waals surface area (Å²) < 4.78 is 0. The van der Waals surface area contributed by atoms with E-state index in [-0.39, 0.29) is 17.7 Å². The first-order chi connectivity index (χ1) is 7.99. The van der Waals surface area contributed by atoms with Gasteiger partial charge in [0.15, 0.2) is 0 Å². The molecular weight excluding hydrogens is 218 g/mol. The van der Waals surface area contributed by atoms with E-state index in [1.165, 1.54) is 6.42 Å². The van der Waals surface area contributed by atoms with Crippen LogP contribution in [0.3, 0.4) is 0 Å². The van der Waals surface area contributed by atoms with Crippen molar-refractivity contribution in [2.24, 2.45) is 23.7 Å². The predicted molar refractivity (Wildman–Crippen MR) is 63.4 cm³/mol. The van der Waals surface area contributed by atoms with Gasteiger partial charge in [0.05, 0.1) is 5.92 Å². The summed E-state index contributed by atoms with van der Waals surface area (Å²) >= 11 is 0. The van der Waals surface area contributed by atoms with Gasteiger partial charge in [-0.1, -0.05) is 6.92 Å². The molecule has 0 bridgehead atoms. The smallest absolute Gasteiger partial charge is 0.306 e. The molecule has 0 spiro atoms. The molecule has 2 aliphatic rings. The van der Waals surface area contributed by atoms with Crippen LogP contribution in [0.15, 0.2) is 0 Å². The standard InChI is InChI=1S/C13H21NO3/c1-8-5-11(8)7-14(2)12(15)9-3-4-10(6-9)13(16)17/h8-11H,3-7H2,1-2H3,(H,16,17). The summed E-state index contributed by atoms with van der Waals surface area (Å²) in [5.74, 6) is 0.445. The number of carbonyl (C=O) groups excluding carboxylic acids is 1. The van der Waals surface area contributed by atoms with Crippen molar-refractivity contribution in [2.45, 2.75) is 32.6 Å². The van der Waals surface area contributed by atoms with E-state index in [0.29, 0.717) is 18.8 Å². The molecule has 0 aromatic rings. The van der Waals surface area contributed by atoms with Crippen molar-refractivity contribution in [3.05, 3.63) is 0 Å². The minimum Gasteiger partial charge on any atom is -0.481 e. The molecule has 0 aromatic heterocycles. The fourth-order valence-corrected chi connectivity index (χ4v) is 2.84. The van der Waals surface area contributed by atoms with Gasteiger partial charge in [-0.2, -0.15) is 0 Å². The largest absolute Gasteiger partial charge is 0.481 e. The third-order valence-electron chi connectivity index (χ3n) is 4.29. The molecule has 17 heavy (non-hydrogen) atoms. The number of carbonyl (C=O) groups is 2. The van der Waals surface area contributed by atoms with Gasteiger partial charge in [-0.3, -0.25) is 9.59 Å². The van der Waals surface area contributed by atoms with Crippen LogP contribution < -0.4 is 0 Å². The molecule has 4 nitrogen and oxygen atoms in total. The van der Waals surface area contributed by atoms with Crippen LogP contribution in [0.2, 0.25) is 0 Å². The van der Waals surface area contributed by atoms with E-state index in [2.05, 4.69) is 6.92 Å². The van der Waals surface area contributed by atoms with Crippen LogP contribution in [0, 0.1) is 23.7 Å². The van der Waals surface area contributed by atoms with Gasteiger partial charge >= 0.3 is 5.97 Å². The Morgan fingerprint density at radius 1 is 1.24 bits per heavy atom. The molecule has 2 fully saturated rings. The Hall–Kier alpha value is -1.06. The van der Waals surface area contributed by atoms with Crippen molar-refractivity contribution in [2.75, 3.05) is 13.6 Å². The maximum atomic E-state index is 12.1. The third kappa shape index (κ3) is 2.79. The Balaban J connectivity index is 1.81. The summed E-state index contributed by atoms with van der Waals surface area (Å²) in [7, 11) is 1.85. The molecule has 96 valence electrons. The van der Waals surface area contributed by atoms with E-state index in [9.17, 15) is 9.59 Å². The van der Waals surface area contributed by atoms with Crippen molar-refractivity contribution < 1.29 is 14.7 Å². The Kier molecular flexibility index (Phi) is 3.40. The zero-order valence-electron chi connectivity index (χ0n) is 10.6. The van der Waals surface area contributed by atoms with Gasteiger partial charge in [0.2, 0.25) is 5.91 Å². The minimum atomic E-state index is -0.751. The van der Waals surface area contributed by atoms with Gasteiger partial charge in [0.25, 0.3) is 0 Å². The van der Waals surface area contributed by atoms with Crippen LogP contribution in [0.4, 0.5) is 0 Å². The third-order valence-corrected chi connectivity index (χ3v) is 4.29. The quantitative estimate of drug-likeness (QED) is 0.810. The van der Waals surface area contributed by atoms with Crippen LogP contribution in [0.1, 0.15) is 32.6 Å². The SMILES string of the molecule is CC1CC1CN(C)C(=O)C1CCC(C(=O)O)C1. The summed E-state index contributed by atoms with van der Waals surface area (Å²) in [5.41, 5.74) is 0. The highest BCUT2D eigenvalue weighted by Gasteiger charge is 2.38. The summed E-state index contributed by atoms with van der Waals surface area (Å²) in [6.45, 7) is 3.05. The van der Waals surface area contributed by atoms with Crippen molar-refractivity contribution in [1.82, 2.24) is 4.90 Å². The highest BCUT2D eigenvalue weighted by Crippen LogP contribution is 2.39. The molecule has 0 radical (unpaired) electrons. The minimum absolute atomic E-state index is 0.0600. The van der Waals surface area contributed by atoms with E-state index in [4.69, 9.17) is 5.11 Å². The molecule has 2 rings (SSSR count). The second-order valence-corrected chi connectivity index (χ2v) is 5.74. The van der Waals surface area contributed by atoms with Gasteiger partial charge in [-0.15, -0.1) is 0 Å². The molecule has 4 atom stereocenters. The van der Waals surface area contributed by atoms with E-state index in [0.717, 1.165) is 18.9 Å². The van der Waals surface area contributed by atoms with E-state index < -0.39 is 5.97 Å². The number of carboxylic acid groups (broad SMARTS) is 1. The maximum absolute atomic E-state index is 12.1. The van der Waals surface area contributed by atoms with Gasteiger partial charge in [-0.25, -0.2) is 0 Å². The lowest BCUT2D eigenvalue weighted by atomic mass is 10.0. The molecule has 0 saturated heterocycles. The van der Waals surface area contributed by atoms with E-state index in [1.807, 2.05) is 11.9 Å².